The lowest BCUT2D eigenvalue weighted by Gasteiger charge is -2.35. The van der Waals surface area contributed by atoms with Crippen LogP contribution in [-0.2, 0) is 0 Å². The van der Waals surface area contributed by atoms with Crippen molar-refractivity contribution in [3.63, 3.8) is 0 Å². The predicted molar refractivity (Wildman–Crippen MR) is 88.0 cm³/mol. The molecule has 1 fully saturated rings. The summed E-state index contributed by atoms with van der Waals surface area (Å²) in [6, 6.07) is 6.32. The first-order valence-corrected chi connectivity index (χ1v) is 7.96. The van der Waals surface area contributed by atoms with Gasteiger partial charge >= 0.3 is 6.03 Å². The minimum atomic E-state index is -0.412. The second-order valence-electron chi connectivity index (χ2n) is 5.02. The average molecular weight is 333 g/mol. The van der Waals surface area contributed by atoms with Crippen LogP contribution < -0.4 is 10.2 Å². The molecule has 1 saturated heterocycles. The molecule has 0 unspecified atom stereocenters. The first-order chi connectivity index (χ1) is 11.1. The Hall–Kier alpha value is -2.68. The summed E-state index contributed by atoms with van der Waals surface area (Å²) in [5.41, 5.74) is 1.01. The molecule has 0 spiro atoms. The Morgan fingerprint density at radius 3 is 2.48 bits per heavy atom. The second kappa shape index (κ2) is 6.61. The molecule has 2 amide bonds. The maximum absolute atomic E-state index is 12.1. The summed E-state index contributed by atoms with van der Waals surface area (Å²) in [7, 11) is 0. The average Bonchev–Trinajstić information content (AvgIpc) is 3.08. The minimum absolute atomic E-state index is 0.0789. The van der Waals surface area contributed by atoms with Crippen LogP contribution in [0.5, 0.6) is 0 Å². The highest BCUT2D eigenvalue weighted by atomic mass is 32.1. The van der Waals surface area contributed by atoms with Crippen molar-refractivity contribution in [2.75, 3.05) is 36.4 Å². The van der Waals surface area contributed by atoms with Gasteiger partial charge in [0.15, 0.2) is 5.13 Å². The first kappa shape index (κ1) is 15.2. The number of rotatable bonds is 3. The molecule has 9 heteroatoms. The summed E-state index contributed by atoms with van der Waals surface area (Å²) in [5, 5.41) is 15.8. The fourth-order valence-corrected chi connectivity index (χ4v) is 2.93. The Morgan fingerprint density at radius 1 is 1.22 bits per heavy atom. The van der Waals surface area contributed by atoms with E-state index in [0.717, 1.165) is 5.69 Å². The highest BCUT2D eigenvalue weighted by Gasteiger charge is 2.22. The molecule has 1 N–H and O–H groups in total. The largest absolute Gasteiger partial charge is 0.368 e. The fourth-order valence-electron chi connectivity index (χ4n) is 2.41. The van der Waals surface area contributed by atoms with Gasteiger partial charge in [-0.15, -0.1) is 11.3 Å². The molecule has 2 aromatic rings. The van der Waals surface area contributed by atoms with Gasteiger partial charge in [-0.1, -0.05) is 0 Å². The minimum Gasteiger partial charge on any atom is -0.368 e. The monoisotopic (exact) mass is 333 g/mol. The van der Waals surface area contributed by atoms with Crippen molar-refractivity contribution in [1.29, 1.82) is 0 Å². The highest BCUT2D eigenvalue weighted by molar-refractivity contribution is 7.13. The Labute approximate surface area is 136 Å². The molecule has 23 heavy (non-hydrogen) atoms. The molecule has 1 aromatic heterocycles. The van der Waals surface area contributed by atoms with E-state index in [9.17, 15) is 14.9 Å². The number of hydrogen-bond acceptors (Lipinski definition) is 6. The molecular formula is C14H15N5O3S. The van der Waals surface area contributed by atoms with Gasteiger partial charge in [0.05, 0.1) is 4.92 Å². The number of nitrogens with zero attached hydrogens (tertiary/aromatic N) is 4. The van der Waals surface area contributed by atoms with Gasteiger partial charge in [0, 0.05) is 55.6 Å². The van der Waals surface area contributed by atoms with Crippen LogP contribution in [0.25, 0.3) is 0 Å². The van der Waals surface area contributed by atoms with Crippen LogP contribution in [-0.4, -0.2) is 47.0 Å². The zero-order valence-electron chi connectivity index (χ0n) is 12.2. The van der Waals surface area contributed by atoms with Crippen LogP contribution in [0.4, 0.5) is 21.3 Å². The number of hydrogen-bond donors (Lipinski definition) is 1. The number of nitro groups is 1. The third-order valence-corrected chi connectivity index (χ3v) is 4.33. The van der Waals surface area contributed by atoms with Crippen molar-refractivity contribution in [3.05, 3.63) is 46.0 Å². The number of thiazole rings is 1. The molecule has 0 aliphatic carbocycles. The number of anilines is 2. The topological polar surface area (TPSA) is 91.6 Å². The highest BCUT2D eigenvalue weighted by Crippen LogP contribution is 2.21. The summed E-state index contributed by atoms with van der Waals surface area (Å²) in [5.74, 6) is 0. The molecule has 0 saturated carbocycles. The zero-order valence-corrected chi connectivity index (χ0v) is 13.0. The van der Waals surface area contributed by atoms with Crippen LogP contribution in [0.3, 0.4) is 0 Å². The summed E-state index contributed by atoms with van der Waals surface area (Å²) < 4.78 is 0. The Kier molecular flexibility index (Phi) is 4.38. The molecular weight excluding hydrogens is 318 g/mol. The Morgan fingerprint density at radius 2 is 1.91 bits per heavy atom. The number of piperazine rings is 1. The van der Waals surface area contributed by atoms with Gasteiger partial charge in [-0.3, -0.25) is 15.4 Å². The number of carbonyl (C=O) groups excluding carboxylic acids is 1. The van der Waals surface area contributed by atoms with Crippen molar-refractivity contribution in [2.24, 2.45) is 0 Å². The number of carbonyl (C=O) groups is 1. The predicted octanol–water partition coefficient (Wildman–Crippen LogP) is 2.41. The normalized spacial score (nSPS) is 14.6. The second-order valence-corrected chi connectivity index (χ2v) is 5.91. The molecule has 1 aliphatic heterocycles. The van der Waals surface area contributed by atoms with Gasteiger partial charge in [0.25, 0.3) is 5.69 Å². The van der Waals surface area contributed by atoms with E-state index in [2.05, 4.69) is 15.2 Å². The SMILES string of the molecule is O=C(Nc1nccs1)N1CCN(c2ccc([N+](=O)[O-])cc2)CC1. The maximum Gasteiger partial charge on any atom is 0.323 e. The lowest BCUT2D eigenvalue weighted by molar-refractivity contribution is -0.384. The maximum atomic E-state index is 12.1. The summed E-state index contributed by atoms with van der Waals surface area (Å²) in [6.45, 7) is 2.55. The molecule has 8 nitrogen and oxygen atoms in total. The van der Waals surface area contributed by atoms with Gasteiger partial charge in [-0.25, -0.2) is 9.78 Å². The van der Waals surface area contributed by atoms with Gasteiger partial charge < -0.3 is 9.80 Å². The number of amides is 2. The smallest absolute Gasteiger partial charge is 0.323 e. The van der Waals surface area contributed by atoms with Gasteiger partial charge in [0.1, 0.15) is 0 Å². The number of aromatic nitrogens is 1. The molecule has 0 radical (unpaired) electrons. The third-order valence-electron chi connectivity index (χ3n) is 3.64. The van der Waals surface area contributed by atoms with E-state index < -0.39 is 4.92 Å². The molecule has 0 atom stereocenters. The van der Waals surface area contributed by atoms with E-state index in [4.69, 9.17) is 0 Å². The van der Waals surface area contributed by atoms with E-state index >= 15 is 0 Å². The van der Waals surface area contributed by atoms with E-state index in [1.165, 1.54) is 23.5 Å². The van der Waals surface area contributed by atoms with Crippen LogP contribution in [0.2, 0.25) is 0 Å². The zero-order chi connectivity index (χ0) is 16.2. The number of nitro benzene ring substituents is 1. The van der Waals surface area contributed by atoms with E-state index in [1.54, 1.807) is 23.2 Å². The van der Waals surface area contributed by atoms with Crippen molar-refractivity contribution in [2.45, 2.75) is 0 Å². The summed E-state index contributed by atoms with van der Waals surface area (Å²) in [4.78, 5) is 30.3. The van der Waals surface area contributed by atoms with Crippen LogP contribution in [0.15, 0.2) is 35.8 Å². The Balaban J connectivity index is 1.55. The number of nitrogens with one attached hydrogen (secondary N) is 1. The van der Waals surface area contributed by atoms with Gasteiger partial charge in [-0.2, -0.15) is 0 Å². The lowest BCUT2D eigenvalue weighted by Crippen LogP contribution is -2.50. The number of urea groups is 1. The van der Waals surface area contributed by atoms with Crippen LogP contribution >= 0.6 is 11.3 Å². The number of benzene rings is 1. The first-order valence-electron chi connectivity index (χ1n) is 7.08. The summed E-state index contributed by atoms with van der Waals surface area (Å²) in [6.07, 6.45) is 1.65. The van der Waals surface area contributed by atoms with Crippen LogP contribution in [0, 0.1) is 10.1 Å². The molecule has 1 aliphatic rings. The number of non-ortho nitro benzene ring substituents is 1. The van der Waals surface area contributed by atoms with Crippen molar-refractivity contribution >= 4 is 33.9 Å². The van der Waals surface area contributed by atoms with Crippen molar-refractivity contribution in [3.8, 4) is 0 Å². The van der Waals surface area contributed by atoms with E-state index in [1.807, 2.05) is 5.38 Å². The fraction of sp³-hybridized carbons (Fsp3) is 0.286. The third kappa shape index (κ3) is 3.57. The van der Waals surface area contributed by atoms with Gasteiger partial charge in [-0.05, 0) is 12.1 Å². The standard InChI is InChI=1S/C14H15N5O3S/c20-14(16-13-15-5-10-23-13)18-8-6-17(7-9-18)11-1-3-12(4-2-11)19(21)22/h1-5,10H,6-9H2,(H,15,16,20). The summed E-state index contributed by atoms with van der Waals surface area (Å²) >= 11 is 1.38. The molecule has 120 valence electrons. The van der Waals surface area contributed by atoms with Crippen molar-refractivity contribution < 1.29 is 9.72 Å². The van der Waals surface area contributed by atoms with E-state index in [0.29, 0.717) is 31.3 Å². The van der Waals surface area contributed by atoms with Crippen molar-refractivity contribution in [1.82, 2.24) is 9.88 Å². The van der Waals surface area contributed by atoms with E-state index in [-0.39, 0.29) is 11.7 Å². The molecule has 0 bridgehead atoms. The quantitative estimate of drug-likeness (QED) is 0.688. The lowest BCUT2D eigenvalue weighted by atomic mass is 10.2. The van der Waals surface area contributed by atoms with Crippen LogP contribution in [0.1, 0.15) is 0 Å². The molecule has 2 heterocycles. The van der Waals surface area contributed by atoms with Gasteiger partial charge in [0.2, 0.25) is 0 Å². The Bertz CT molecular complexity index is 681. The molecule has 3 rings (SSSR count). The molecule has 1 aromatic carbocycles.